The van der Waals surface area contributed by atoms with Crippen LogP contribution in [0.4, 0.5) is 0 Å². The van der Waals surface area contributed by atoms with Crippen molar-refractivity contribution in [2.45, 2.75) is 13.0 Å². The van der Waals surface area contributed by atoms with E-state index in [4.69, 9.17) is 23.2 Å². The summed E-state index contributed by atoms with van der Waals surface area (Å²) in [7, 11) is 1.92. The summed E-state index contributed by atoms with van der Waals surface area (Å²) in [4.78, 5) is 1.17. The molecule has 5 heteroatoms. The molecule has 0 amide bonds. The first-order valence-corrected chi connectivity index (χ1v) is 7.78. The average Bonchev–Trinajstić information content (AvgIpc) is 2.66. The molecule has 1 nitrogen and oxygen atoms in total. The number of nitrogens with one attached hydrogen (secondary N) is 1. The first-order valence-electron chi connectivity index (χ1n) is 5.41. The quantitative estimate of drug-likeness (QED) is 0.765. The van der Waals surface area contributed by atoms with E-state index in [1.54, 1.807) is 11.3 Å². The summed E-state index contributed by atoms with van der Waals surface area (Å²) in [6.07, 6.45) is 0. The van der Waals surface area contributed by atoms with Crippen molar-refractivity contribution in [1.29, 1.82) is 0 Å². The molecule has 1 aromatic heterocycles. The van der Waals surface area contributed by atoms with Gasteiger partial charge < -0.3 is 5.32 Å². The Kier molecular flexibility index (Phi) is 4.73. The van der Waals surface area contributed by atoms with E-state index in [0.29, 0.717) is 0 Å². The highest BCUT2D eigenvalue weighted by atomic mass is 79.9. The molecule has 2 rings (SSSR count). The molecule has 2 aromatic rings. The summed E-state index contributed by atoms with van der Waals surface area (Å²) < 4.78 is 1.73. The molecule has 1 heterocycles. The molecule has 0 bridgehead atoms. The van der Waals surface area contributed by atoms with Gasteiger partial charge in [-0.3, -0.25) is 0 Å². The van der Waals surface area contributed by atoms with E-state index in [1.165, 1.54) is 4.88 Å². The smallest absolute Gasteiger partial charge is 0.0961 e. The van der Waals surface area contributed by atoms with Crippen LogP contribution in [0, 0.1) is 6.92 Å². The van der Waals surface area contributed by atoms with Crippen LogP contribution >= 0.6 is 50.5 Å². The van der Waals surface area contributed by atoms with Gasteiger partial charge in [0.2, 0.25) is 0 Å². The molecule has 0 saturated carbocycles. The van der Waals surface area contributed by atoms with E-state index < -0.39 is 0 Å². The van der Waals surface area contributed by atoms with Crippen molar-refractivity contribution < 1.29 is 0 Å². The maximum Gasteiger partial charge on any atom is 0.0961 e. The van der Waals surface area contributed by atoms with Crippen LogP contribution in [0.5, 0.6) is 0 Å². The normalized spacial score (nSPS) is 12.7. The molecular weight excluding hydrogens is 353 g/mol. The molecule has 1 atom stereocenters. The maximum absolute atomic E-state index is 6.35. The van der Waals surface area contributed by atoms with E-state index in [-0.39, 0.29) is 6.04 Å². The zero-order valence-electron chi connectivity index (χ0n) is 9.93. The number of hydrogen-bond donors (Lipinski definition) is 1. The Hall–Kier alpha value is -0.0600. The highest BCUT2D eigenvalue weighted by Gasteiger charge is 2.19. The third-order valence-corrected chi connectivity index (χ3v) is 5.67. The molecule has 0 fully saturated rings. The summed E-state index contributed by atoms with van der Waals surface area (Å²) in [6.45, 7) is 2.01. The standard InChI is InChI=1S/C13H12BrCl2NS/c1-7-6-10(18-13(7)16)12(17-2)8-4-3-5-9(14)11(8)15/h3-6,12,17H,1-2H3. The Labute approximate surface area is 129 Å². The van der Waals surface area contributed by atoms with Crippen LogP contribution < -0.4 is 5.32 Å². The van der Waals surface area contributed by atoms with Gasteiger partial charge in [-0.05, 0) is 53.2 Å². The number of hydrogen-bond acceptors (Lipinski definition) is 2. The summed E-state index contributed by atoms with van der Waals surface area (Å²) in [5.74, 6) is 0. The van der Waals surface area contributed by atoms with Crippen molar-refractivity contribution in [1.82, 2.24) is 5.32 Å². The lowest BCUT2D eigenvalue weighted by molar-refractivity contribution is 0.703. The van der Waals surface area contributed by atoms with E-state index >= 15 is 0 Å². The van der Waals surface area contributed by atoms with Gasteiger partial charge in [-0.15, -0.1) is 11.3 Å². The van der Waals surface area contributed by atoms with Gasteiger partial charge in [0.15, 0.2) is 0 Å². The Morgan fingerprint density at radius 1 is 1.33 bits per heavy atom. The molecule has 0 saturated heterocycles. The first-order chi connectivity index (χ1) is 8.54. The van der Waals surface area contributed by atoms with Crippen molar-refractivity contribution in [2.75, 3.05) is 7.05 Å². The van der Waals surface area contributed by atoms with Gasteiger partial charge in [-0.25, -0.2) is 0 Å². The fourth-order valence-corrected chi connectivity index (χ4v) is 3.78. The second-order valence-corrected chi connectivity index (χ2v) is 6.89. The van der Waals surface area contributed by atoms with Crippen molar-refractivity contribution in [3.63, 3.8) is 0 Å². The SMILES string of the molecule is CNC(c1cc(C)c(Cl)s1)c1cccc(Br)c1Cl. The van der Waals surface area contributed by atoms with E-state index in [9.17, 15) is 0 Å². The molecule has 1 aromatic carbocycles. The molecule has 0 aliphatic heterocycles. The highest BCUT2D eigenvalue weighted by molar-refractivity contribution is 9.10. The average molecular weight is 365 g/mol. The molecule has 0 aliphatic carbocycles. The lowest BCUT2D eigenvalue weighted by Gasteiger charge is -2.17. The number of thiophene rings is 1. The minimum absolute atomic E-state index is 0.0613. The minimum Gasteiger partial charge on any atom is -0.309 e. The summed E-state index contributed by atoms with van der Waals surface area (Å²) >= 11 is 17.5. The van der Waals surface area contributed by atoms with Crippen molar-refractivity contribution >= 4 is 50.5 Å². The van der Waals surface area contributed by atoms with Crippen LogP contribution in [0.3, 0.4) is 0 Å². The van der Waals surface area contributed by atoms with Crippen LogP contribution in [0.1, 0.15) is 22.0 Å². The molecule has 0 spiro atoms. The second-order valence-electron chi connectivity index (χ2n) is 3.97. The summed E-state index contributed by atoms with van der Waals surface area (Å²) in [6, 6.07) is 8.11. The Morgan fingerprint density at radius 2 is 2.06 bits per heavy atom. The minimum atomic E-state index is 0.0613. The third-order valence-electron chi connectivity index (χ3n) is 2.74. The molecular formula is C13H12BrCl2NS. The second kappa shape index (κ2) is 5.93. The third kappa shape index (κ3) is 2.75. The van der Waals surface area contributed by atoms with Crippen molar-refractivity contribution in [3.8, 4) is 0 Å². The van der Waals surface area contributed by atoms with Gasteiger partial charge in [0, 0.05) is 9.35 Å². The van der Waals surface area contributed by atoms with Gasteiger partial charge >= 0.3 is 0 Å². The predicted molar refractivity (Wildman–Crippen MR) is 84.1 cm³/mol. The van der Waals surface area contributed by atoms with E-state index in [1.807, 2.05) is 32.2 Å². The maximum atomic E-state index is 6.35. The highest BCUT2D eigenvalue weighted by Crippen LogP contribution is 2.38. The molecule has 18 heavy (non-hydrogen) atoms. The zero-order valence-corrected chi connectivity index (χ0v) is 13.8. The van der Waals surface area contributed by atoms with Gasteiger partial charge in [-0.1, -0.05) is 35.3 Å². The lowest BCUT2D eigenvalue weighted by atomic mass is 10.1. The molecule has 1 N–H and O–H groups in total. The predicted octanol–water partition coefficient (Wildman–Crippen LogP) is 5.43. The molecule has 1 unspecified atom stereocenters. The Morgan fingerprint density at radius 3 is 2.61 bits per heavy atom. The topological polar surface area (TPSA) is 12.0 Å². The van der Waals surface area contributed by atoms with Gasteiger partial charge in [0.25, 0.3) is 0 Å². The summed E-state index contributed by atoms with van der Waals surface area (Å²) in [5, 5.41) is 4.02. The van der Waals surface area contributed by atoms with Gasteiger partial charge in [-0.2, -0.15) is 0 Å². The van der Waals surface area contributed by atoms with Crippen LogP contribution in [0.2, 0.25) is 9.36 Å². The van der Waals surface area contributed by atoms with Crippen LogP contribution in [0.25, 0.3) is 0 Å². The number of rotatable bonds is 3. The van der Waals surface area contributed by atoms with E-state index in [0.717, 1.165) is 25.0 Å². The van der Waals surface area contributed by atoms with Crippen LogP contribution in [-0.2, 0) is 0 Å². The number of benzene rings is 1. The molecule has 0 aliphatic rings. The largest absolute Gasteiger partial charge is 0.309 e. The van der Waals surface area contributed by atoms with Crippen LogP contribution in [-0.4, -0.2) is 7.05 Å². The fraction of sp³-hybridized carbons (Fsp3) is 0.231. The van der Waals surface area contributed by atoms with E-state index in [2.05, 4.69) is 27.3 Å². The van der Waals surface area contributed by atoms with Gasteiger partial charge in [0.05, 0.1) is 15.4 Å². The van der Waals surface area contributed by atoms with Crippen molar-refractivity contribution in [2.24, 2.45) is 0 Å². The number of halogens is 3. The fourth-order valence-electron chi connectivity index (χ4n) is 1.82. The molecule has 0 radical (unpaired) electrons. The number of aryl methyl sites for hydroxylation is 1. The van der Waals surface area contributed by atoms with Crippen molar-refractivity contribution in [3.05, 3.63) is 54.1 Å². The monoisotopic (exact) mass is 363 g/mol. The van der Waals surface area contributed by atoms with Gasteiger partial charge in [0.1, 0.15) is 0 Å². The summed E-state index contributed by atoms with van der Waals surface area (Å²) in [5.41, 5.74) is 2.15. The zero-order chi connectivity index (χ0) is 13.3. The van der Waals surface area contributed by atoms with Crippen LogP contribution in [0.15, 0.2) is 28.7 Å². The Balaban J connectivity index is 2.48. The molecule has 96 valence electrons. The lowest BCUT2D eigenvalue weighted by Crippen LogP contribution is -2.16. The first kappa shape index (κ1) is 14.4. The Bertz CT molecular complexity index is 549.